The van der Waals surface area contributed by atoms with Crippen LogP contribution in [0.4, 0.5) is 16.2 Å². The number of nitrogens with zero attached hydrogens (tertiary/aromatic N) is 2. The molecule has 1 aliphatic heterocycles. The standard InChI is InChI=1S/C30H43N3O2/c1-8-17-30(18-9-2)20-32(29(35)33(30)24-15-13-23(7)14-16-24)19-27(34)31-28-25(21(3)4)11-10-12-26(28)22(5)6/h10-16,21-22H,8-9,17-20H2,1-7H3,(H,31,34). The Hall–Kier alpha value is -2.82. The van der Waals surface area contributed by atoms with Gasteiger partial charge in [-0.1, -0.05) is 90.3 Å². The molecule has 1 saturated heterocycles. The summed E-state index contributed by atoms with van der Waals surface area (Å²) in [5, 5.41) is 3.19. The molecule has 0 aromatic heterocycles. The van der Waals surface area contributed by atoms with Gasteiger partial charge in [-0.2, -0.15) is 0 Å². The highest BCUT2D eigenvalue weighted by molar-refractivity contribution is 6.01. The zero-order valence-electron chi connectivity index (χ0n) is 22.6. The fourth-order valence-corrected chi connectivity index (χ4v) is 5.52. The molecule has 0 radical (unpaired) electrons. The van der Waals surface area contributed by atoms with Crippen LogP contribution in [-0.2, 0) is 4.79 Å². The third kappa shape index (κ3) is 5.71. The lowest BCUT2D eigenvalue weighted by atomic mass is 9.87. The Morgan fingerprint density at radius 2 is 1.49 bits per heavy atom. The van der Waals surface area contributed by atoms with Gasteiger partial charge in [-0.15, -0.1) is 0 Å². The Bertz CT molecular complexity index is 994. The summed E-state index contributed by atoms with van der Waals surface area (Å²) in [7, 11) is 0. The van der Waals surface area contributed by atoms with Crippen molar-refractivity contribution in [1.82, 2.24) is 4.90 Å². The molecular weight excluding hydrogens is 434 g/mol. The second kappa shape index (κ2) is 11.3. The third-order valence-electron chi connectivity index (χ3n) is 7.12. The maximum absolute atomic E-state index is 13.8. The lowest BCUT2D eigenvalue weighted by molar-refractivity contribution is -0.116. The summed E-state index contributed by atoms with van der Waals surface area (Å²) in [6, 6.07) is 14.3. The minimum Gasteiger partial charge on any atom is -0.324 e. The molecule has 0 spiro atoms. The molecule has 190 valence electrons. The average molecular weight is 478 g/mol. The van der Waals surface area contributed by atoms with Crippen LogP contribution < -0.4 is 10.2 Å². The number of hydrogen-bond acceptors (Lipinski definition) is 2. The van der Waals surface area contributed by atoms with Crippen molar-refractivity contribution in [2.24, 2.45) is 0 Å². The van der Waals surface area contributed by atoms with Crippen molar-refractivity contribution in [1.29, 1.82) is 0 Å². The Balaban J connectivity index is 1.90. The lowest BCUT2D eigenvalue weighted by Gasteiger charge is -2.37. The molecule has 0 aliphatic carbocycles. The number of para-hydroxylation sites is 1. The molecule has 1 aliphatic rings. The minimum absolute atomic E-state index is 0.0559. The van der Waals surface area contributed by atoms with Crippen LogP contribution in [0.1, 0.15) is 95.8 Å². The summed E-state index contributed by atoms with van der Waals surface area (Å²) < 4.78 is 0. The van der Waals surface area contributed by atoms with Crippen LogP contribution in [-0.4, -0.2) is 35.5 Å². The van der Waals surface area contributed by atoms with Crippen LogP contribution in [0.25, 0.3) is 0 Å². The highest BCUT2D eigenvalue weighted by atomic mass is 16.2. The summed E-state index contributed by atoms with van der Waals surface area (Å²) in [5.41, 5.74) is 4.94. The second-order valence-corrected chi connectivity index (χ2v) is 10.7. The van der Waals surface area contributed by atoms with Gasteiger partial charge in [0.25, 0.3) is 0 Å². The van der Waals surface area contributed by atoms with E-state index in [9.17, 15) is 9.59 Å². The first-order valence-corrected chi connectivity index (χ1v) is 13.2. The molecule has 0 unspecified atom stereocenters. The lowest BCUT2D eigenvalue weighted by Crippen LogP contribution is -2.47. The third-order valence-corrected chi connectivity index (χ3v) is 7.12. The van der Waals surface area contributed by atoms with Gasteiger partial charge in [0.2, 0.25) is 5.91 Å². The molecule has 1 fully saturated rings. The van der Waals surface area contributed by atoms with Gasteiger partial charge in [0.05, 0.1) is 5.54 Å². The Morgan fingerprint density at radius 1 is 0.943 bits per heavy atom. The van der Waals surface area contributed by atoms with Crippen molar-refractivity contribution < 1.29 is 9.59 Å². The van der Waals surface area contributed by atoms with Gasteiger partial charge < -0.3 is 10.2 Å². The topological polar surface area (TPSA) is 52.7 Å². The fraction of sp³-hybridized carbons (Fsp3) is 0.533. The van der Waals surface area contributed by atoms with Crippen molar-refractivity contribution >= 4 is 23.3 Å². The average Bonchev–Trinajstić information content (AvgIpc) is 3.05. The number of nitrogens with one attached hydrogen (secondary N) is 1. The van der Waals surface area contributed by atoms with Crippen LogP contribution in [0.2, 0.25) is 0 Å². The first kappa shape index (κ1) is 26.8. The van der Waals surface area contributed by atoms with E-state index in [0.29, 0.717) is 6.54 Å². The van der Waals surface area contributed by atoms with Crippen molar-refractivity contribution in [2.45, 2.75) is 91.5 Å². The number of aryl methyl sites for hydroxylation is 1. The number of amides is 3. The normalized spacial score (nSPS) is 15.4. The first-order valence-electron chi connectivity index (χ1n) is 13.2. The predicted octanol–water partition coefficient (Wildman–Crippen LogP) is 7.46. The largest absolute Gasteiger partial charge is 0.325 e. The van der Waals surface area contributed by atoms with E-state index in [4.69, 9.17) is 0 Å². The smallest absolute Gasteiger partial charge is 0.324 e. The van der Waals surface area contributed by atoms with Gasteiger partial charge in [0, 0.05) is 17.9 Å². The summed E-state index contributed by atoms with van der Waals surface area (Å²) in [4.78, 5) is 30.8. The monoisotopic (exact) mass is 477 g/mol. The van der Waals surface area contributed by atoms with E-state index in [1.807, 2.05) is 17.0 Å². The van der Waals surface area contributed by atoms with E-state index in [1.54, 1.807) is 4.90 Å². The number of anilines is 2. The van der Waals surface area contributed by atoms with E-state index in [-0.39, 0.29) is 35.9 Å². The van der Waals surface area contributed by atoms with E-state index in [1.165, 1.54) is 0 Å². The molecule has 3 amide bonds. The number of rotatable bonds is 10. The van der Waals surface area contributed by atoms with Crippen LogP contribution in [0.15, 0.2) is 42.5 Å². The Kier molecular flexibility index (Phi) is 8.63. The van der Waals surface area contributed by atoms with Gasteiger partial charge in [-0.25, -0.2) is 4.79 Å². The molecule has 5 nitrogen and oxygen atoms in total. The van der Waals surface area contributed by atoms with Crippen LogP contribution >= 0.6 is 0 Å². The number of urea groups is 1. The fourth-order valence-electron chi connectivity index (χ4n) is 5.52. The zero-order valence-corrected chi connectivity index (χ0v) is 22.6. The van der Waals surface area contributed by atoms with Gasteiger partial charge in [0.1, 0.15) is 6.54 Å². The predicted molar refractivity (Wildman–Crippen MR) is 146 cm³/mol. The highest BCUT2D eigenvalue weighted by Gasteiger charge is 2.49. The molecule has 3 rings (SSSR count). The molecule has 0 atom stereocenters. The minimum atomic E-state index is -0.297. The molecule has 2 aromatic rings. The van der Waals surface area contributed by atoms with E-state index < -0.39 is 0 Å². The van der Waals surface area contributed by atoms with Crippen molar-refractivity contribution in [3.05, 3.63) is 59.2 Å². The van der Waals surface area contributed by atoms with Crippen molar-refractivity contribution in [2.75, 3.05) is 23.3 Å². The van der Waals surface area contributed by atoms with Crippen LogP contribution in [0.5, 0.6) is 0 Å². The van der Waals surface area contributed by atoms with Crippen molar-refractivity contribution in [3.63, 3.8) is 0 Å². The summed E-state index contributed by atoms with van der Waals surface area (Å²) in [5.74, 6) is 0.438. The Morgan fingerprint density at radius 3 is 1.97 bits per heavy atom. The first-order chi connectivity index (χ1) is 16.6. The van der Waals surface area contributed by atoms with Crippen LogP contribution in [0, 0.1) is 6.92 Å². The molecule has 5 heteroatoms. The molecule has 0 saturated carbocycles. The number of carbonyl (C=O) groups is 2. The van der Waals surface area contributed by atoms with Gasteiger partial charge in [-0.05, 0) is 54.9 Å². The van der Waals surface area contributed by atoms with Gasteiger partial charge in [-0.3, -0.25) is 9.69 Å². The molecular formula is C30H43N3O2. The maximum atomic E-state index is 13.8. The quantitative estimate of drug-likeness (QED) is 0.386. The number of hydrogen-bond donors (Lipinski definition) is 1. The van der Waals surface area contributed by atoms with E-state index in [0.717, 1.165) is 53.7 Å². The van der Waals surface area contributed by atoms with E-state index >= 15 is 0 Å². The van der Waals surface area contributed by atoms with Crippen LogP contribution in [0.3, 0.4) is 0 Å². The Labute approximate surface area is 211 Å². The number of benzene rings is 2. The molecule has 1 heterocycles. The molecule has 0 bridgehead atoms. The van der Waals surface area contributed by atoms with Gasteiger partial charge in [0.15, 0.2) is 0 Å². The highest BCUT2D eigenvalue weighted by Crippen LogP contribution is 2.39. The second-order valence-electron chi connectivity index (χ2n) is 10.7. The zero-order chi connectivity index (χ0) is 25.8. The number of carbonyl (C=O) groups excluding carboxylic acids is 2. The summed E-state index contributed by atoms with van der Waals surface area (Å²) >= 11 is 0. The van der Waals surface area contributed by atoms with E-state index in [2.05, 4.69) is 84.1 Å². The molecule has 35 heavy (non-hydrogen) atoms. The van der Waals surface area contributed by atoms with Gasteiger partial charge >= 0.3 is 6.03 Å². The SMILES string of the molecule is CCCC1(CCC)CN(CC(=O)Nc2c(C(C)C)cccc2C(C)C)C(=O)N1c1ccc(C)cc1. The maximum Gasteiger partial charge on any atom is 0.325 e. The van der Waals surface area contributed by atoms with Crippen molar-refractivity contribution in [3.8, 4) is 0 Å². The summed E-state index contributed by atoms with van der Waals surface area (Å²) in [6.07, 6.45) is 3.78. The summed E-state index contributed by atoms with van der Waals surface area (Å²) in [6.45, 7) is 15.6. The molecule has 2 aromatic carbocycles. The molecule has 1 N–H and O–H groups in total.